The first kappa shape index (κ1) is 9.47. The van der Waals surface area contributed by atoms with E-state index in [-0.39, 0.29) is 17.6 Å². The molecule has 0 saturated heterocycles. The van der Waals surface area contributed by atoms with Crippen molar-refractivity contribution >= 4 is 0 Å². The molecule has 2 aliphatic carbocycles. The number of hydrogen-bond acceptors (Lipinski definition) is 2. The van der Waals surface area contributed by atoms with Gasteiger partial charge in [0.1, 0.15) is 0 Å². The van der Waals surface area contributed by atoms with Gasteiger partial charge in [-0.3, -0.25) is 0 Å². The number of hydrogen-bond donors (Lipinski definition) is 2. The number of aliphatic hydroxyl groups is 1. The van der Waals surface area contributed by atoms with Crippen molar-refractivity contribution in [3.63, 3.8) is 0 Å². The molecule has 2 fully saturated rings. The zero-order valence-electron chi connectivity index (χ0n) is 8.93. The summed E-state index contributed by atoms with van der Waals surface area (Å²) in [7, 11) is 0. The smallest absolute Gasteiger partial charge is 0.0616 e. The third-order valence-electron chi connectivity index (χ3n) is 5.43. The van der Waals surface area contributed by atoms with Crippen LogP contribution < -0.4 is 5.73 Å². The van der Waals surface area contributed by atoms with Crippen molar-refractivity contribution in [2.45, 2.75) is 45.6 Å². The van der Waals surface area contributed by atoms with Gasteiger partial charge in [-0.25, -0.2) is 0 Å². The monoisotopic (exact) mass is 183 g/mol. The summed E-state index contributed by atoms with van der Waals surface area (Å²) >= 11 is 0. The van der Waals surface area contributed by atoms with E-state index < -0.39 is 0 Å². The standard InChI is InChI=1S/C11H21NO/c1-9(2)8-4-5-10(9,3)11(12,6-8)7-13/h8,13H,4-7,12H2,1-3H3/t8-,10-,11+/m1/s1. The molecule has 3 atom stereocenters. The van der Waals surface area contributed by atoms with Crippen LogP contribution in [0.4, 0.5) is 0 Å². The number of aliphatic hydroxyl groups excluding tert-OH is 1. The predicted molar refractivity (Wildman–Crippen MR) is 53.2 cm³/mol. The van der Waals surface area contributed by atoms with Crippen LogP contribution in [0.3, 0.4) is 0 Å². The van der Waals surface area contributed by atoms with E-state index in [4.69, 9.17) is 5.73 Å². The summed E-state index contributed by atoms with van der Waals surface area (Å²) in [6.45, 7) is 7.03. The second-order valence-corrected chi connectivity index (χ2v) is 5.81. The molecule has 0 aromatic rings. The zero-order chi connectivity index (χ0) is 9.91. The molecule has 3 N–H and O–H groups in total. The molecule has 0 radical (unpaired) electrons. The van der Waals surface area contributed by atoms with Gasteiger partial charge in [-0.05, 0) is 36.0 Å². The highest BCUT2D eigenvalue weighted by atomic mass is 16.3. The summed E-state index contributed by atoms with van der Waals surface area (Å²) in [5.74, 6) is 0.717. The summed E-state index contributed by atoms with van der Waals surface area (Å²) in [5, 5.41) is 9.42. The van der Waals surface area contributed by atoms with Crippen molar-refractivity contribution in [2.75, 3.05) is 6.61 Å². The van der Waals surface area contributed by atoms with Gasteiger partial charge in [-0.2, -0.15) is 0 Å². The van der Waals surface area contributed by atoms with Crippen LogP contribution in [-0.4, -0.2) is 17.3 Å². The topological polar surface area (TPSA) is 46.2 Å². The van der Waals surface area contributed by atoms with Gasteiger partial charge in [-0.15, -0.1) is 0 Å². The minimum Gasteiger partial charge on any atom is -0.394 e. The van der Waals surface area contributed by atoms with E-state index in [0.717, 1.165) is 12.3 Å². The molecule has 0 aromatic heterocycles. The van der Waals surface area contributed by atoms with Crippen LogP contribution in [0.5, 0.6) is 0 Å². The van der Waals surface area contributed by atoms with Gasteiger partial charge in [0.15, 0.2) is 0 Å². The first-order valence-electron chi connectivity index (χ1n) is 5.27. The fraction of sp³-hybridized carbons (Fsp3) is 1.00. The summed E-state index contributed by atoms with van der Waals surface area (Å²) < 4.78 is 0. The summed E-state index contributed by atoms with van der Waals surface area (Å²) in [6, 6.07) is 0. The van der Waals surface area contributed by atoms with E-state index >= 15 is 0 Å². The second-order valence-electron chi connectivity index (χ2n) is 5.81. The Morgan fingerprint density at radius 1 is 1.38 bits per heavy atom. The fourth-order valence-corrected chi connectivity index (χ4v) is 3.75. The summed E-state index contributed by atoms with van der Waals surface area (Å²) in [6.07, 6.45) is 3.48. The number of nitrogens with two attached hydrogens (primary N) is 1. The first-order chi connectivity index (χ1) is 5.87. The molecule has 2 saturated carbocycles. The van der Waals surface area contributed by atoms with E-state index in [9.17, 15) is 5.11 Å². The third-order valence-corrected chi connectivity index (χ3v) is 5.43. The Morgan fingerprint density at radius 3 is 2.23 bits per heavy atom. The van der Waals surface area contributed by atoms with Crippen LogP contribution in [-0.2, 0) is 0 Å². The normalized spacial score (nSPS) is 52.8. The van der Waals surface area contributed by atoms with Gasteiger partial charge >= 0.3 is 0 Å². The lowest BCUT2D eigenvalue weighted by Gasteiger charge is -2.45. The maximum absolute atomic E-state index is 9.42. The van der Waals surface area contributed by atoms with E-state index in [1.165, 1.54) is 12.8 Å². The molecule has 76 valence electrons. The quantitative estimate of drug-likeness (QED) is 0.647. The highest BCUT2D eigenvalue weighted by Crippen LogP contribution is 2.68. The van der Waals surface area contributed by atoms with Gasteiger partial charge in [-0.1, -0.05) is 20.8 Å². The Bertz CT molecular complexity index is 238. The van der Waals surface area contributed by atoms with Crippen molar-refractivity contribution in [1.29, 1.82) is 0 Å². The Kier molecular flexibility index (Phi) is 1.67. The highest BCUT2D eigenvalue weighted by molar-refractivity contribution is 5.19. The summed E-state index contributed by atoms with van der Waals surface area (Å²) in [5.41, 5.74) is 6.43. The second kappa shape index (κ2) is 2.29. The molecule has 0 aromatic carbocycles. The van der Waals surface area contributed by atoms with Crippen LogP contribution >= 0.6 is 0 Å². The molecule has 0 unspecified atom stereocenters. The van der Waals surface area contributed by atoms with Gasteiger partial charge in [0.25, 0.3) is 0 Å². The van der Waals surface area contributed by atoms with Crippen molar-refractivity contribution in [3.05, 3.63) is 0 Å². The Hall–Kier alpha value is -0.0800. The largest absolute Gasteiger partial charge is 0.394 e. The highest BCUT2D eigenvalue weighted by Gasteiger charge is 2.66. The van der Waals surface area contributed by atoms with E-state index in [2.05, 4.69) is 20.8 Å². The molecule has 0 spiro atoms. The molecule has 0 heterocycles. The lowest BCUT2D eigenvalue weighted by Crippen LogP contribution is -2.56. The zero-order valence-corrected chi connectivity index (χ0v) is 8.93. The molecule has 2 heteroatoms. The first-order valence-corrected chi connectivity index (χ1v) is 5.27. The van der Waals surface area contributed by atoms with Crippen molar-refractivity contribution in [3.8, 4) is 0 Å². The Balaban J connectivity index is 2.44. The van der Waals surface area contributed by atoms with Crippen LogP contribution in [0.25, 0.3) is 0 Å². The molecular weight excluding hydrogens is 162 g/mol. The average molecular weight is 183 g/mol. The molecule has 2 bridgehead atoms. The molecule has 13 heavy (non-hydrogen) atoms. The Morgan fingerprint density at radius 2 is 2.00 bits per heavy atom. The molecule has 0 aliphatic heterocycles. The predicted octanol–water partition coefficient (Wildman–Crippen LogP) is 1.52. The number of rotatable bonds is 1. The van der Waals surface area contributed by atoms with Crippen LogP contribution in [0.15, 0.2) is 0 Å². The maximum atomic E-state index is 9.42. The number of fused-ring (bicyclic) bond motifs is 2. The summed E-state index contributed by atoms with van der Waals surface area (Å²) in [4.78, 5) is 0. The van der Waals surface area contributed by atoms with Crippen LogP contribution in [0, 0.1) is 16.7 Å². The minimum absolute atomic E-state index is 0.138. The van der Waals surface area contributed by atoms with E-state index in [1.54, 1.807) is 0 Å². The van der Waals surface area contributed by atoms with Gasteiger partial charge in [0, 0.05) is 5.54 Å². The fourth-order valence-electron chi connectivity index (χ4n) is 3.75. The molecule has 2 nitrogen and oxygen atoms in total. The van der Waals surface area contributed by atoms with E-state index in [0.29, 0.717) is 5.41 Å². The SMILES string of the molecule is CC1(C)[C@@H]2CC[C@@]1(C)[C@@](N)(CO)C2. The average Bonchev–Trinajstić information content (AvgIpc) is 2.36. The van der Waals surface area contributed by atoms with E-state index in [1.807, 2.05) is 0 Å². The molecular formula is C11H21NO. The van der Waals surface area contributed by atoms with Crippen LogP contribution in [0.2, 0.25) is 0 Å². The third kappa shape index (κ3) is 0.816. The van der Waals surface area contributed by atoms with Gasteiger partial charge < -0.3 is 10.8 Å². The van der Waals surface area contributed by atoms with Crippen molar-refractivity contribution in [2.24, 2.45) is 22.5 Å². The molecule has 0 amide bonds. The molecule has 2 aliphatic rings. The lowest BCUT2D eigenvalue weighted by molar-refractivity contribution is 0.0366. The van der Waals surface area contributed by atoms with Crippen molar-refractivity contribution in [1.82, 2.24) is 0 Å². The lowest BCUT2D eigenvalue weighted by atomic mass is 9.63. The van der Waals surface area contributed by atoms with Gasteiger partial charge in [0.05, 0.1) is 6.61 Å². The van der Waals surface area contributed by atoms with Gasteiger partial charge in [0.2, 0.25) is 0 Å². The maximum Gasteiger partial charge on any atom is 0.0616 e. The van der Waals surface area contributed by atoms with Crippen molar-refractivity contribution < 1.29 is 5.11 Å². The molecule has 2 rings (SSSR count). The minimum atomic E-state index is -0.320. The Labute approximate surface area is 80.5 Å². The van der Waals surface area contributed by atoms with Crippen LogP contribution in [0.1, 0.15) is 40.0 Å².